The van der Waals surface area contributed by atoms with E-state index in [4.69, 9.17) is 0 Å². The first-order chi connectivity index (χ1) is 7.09. The number of hydrogen-bond donors (Lipinski definition) is 1. The van der Waals surface area contributed by atoms with Crippen molar-refractivity contribution in [2.75, 3.05) is 39.5 Å². The van der Waals surface area contributed by atoms with Crippen molar-refractivity contribution < 1.29 is 4.21 Å². The number of nitrogens with zero attached hydrogens (tertiary/aromatic N) is 1. The topological polar surface area (TPSA) is 32.3 Å². The summed E-state index contributed by atoms with van der Waals surface area (Å²) in [6.07, 6.45) is 4.43. The summed E-state index contributed by atoms with van der Waals surface area (Å²) in [5.41, 5.74) is 0. The number of nitrogens with one attached hydrogen (secondary N) is 1. The molecule has 1 aliphatic heterocycles. The Bertz CT molecular complexity index is 211. The van der Waals surface area contributed by atoms with Crippen LogP contribution in [0.5, 0.6) is 0 Å². The first-order valence-corrected chi connectivity index (χ1v) is 7.43. The van der Waals surface area contributed by atoms with Crippen LogP contribution in [-0.2, 0) is 10.8 Å². The summed E-state index contributed by atoms with van der Waals surface area (Å²) in [6.45, 7) is 6.44. The van der Waals surface area contributed by atoms with Gasteiger partial charge >= 0.3 is 0 Å². The highest BCUT2D eigenvalue weighted by Gasteiger charge is 2.16. The highest BCUT2D eigenvalue weighted by atomic mass is 32.2. The third kappa shape index (κ3) is 5.09. The molecule has 1 saturated heterocycles. The summed E-state index contributed by atoms with van der Waals surface area (Å²) in [4.78, 5) is 2.40. The van der Waals surface area contributed by atoms with Crippen LogP contribution in [0.3, 0.4) is 0 Å². The average molecular weight is 232 g/mol. The Balaban J connectivity index is 2.11. The molecule has 0 aromatic carbocycles. The van der Waals surface area contributed by atoms with Gasteiger partial charge in [0.25, 0.3) is 0 Å². The van der Waals surface area contributed by atoms with Crippen molar-refractivity contribution in [1.82, 2.24) is 10.2 Å². The molecule has 0 bridgehead atoms. The van der Waals surface area contributed by atoms with Gasteiger partial charge in [0.2, 0.25) is 0 Å². The highest BCUT2D eigenvalue weighted by Crippen LogP contribution is 2.13. The van der Waals surface area contributed by atoms with Crippen LogP contribution in [0.2, 0.25) is 0 Å². The van der Waals surface area contributed by atoms with Gasteiger partial charge in [-0.15, -0.1) is 0 Å². The lowest BCUT2D eigenvalue weighted by molar-refractivity contribution is 0.206. The third-order valence-corrected chi connectivity index (χ3v) is 4.45. The minimum absolute atomic E-state index is 0.270. The van der Waals surface area contributed by atoms with Crippen LogP contribution in [0.25, 0.3) is 0 Å². The number of piperidine rings is 1. The van der Waals surface area contributed by atoms with Crippen LogP contribution in [0, 0.1) is 5.92 Å². The molecule has 0 amide bonds. The van der Waals surface area contributed by atoms with Crippen LogP contribution in [0.4, 0.5) is 0 Å². The Labute approximate surface area is 96.1 Å². The first-order valence-electron chi connectivity index (χ1n) is 5.81. The van der Waals surface area contributed by atoms with Crippen molar-refractivity contribution >= 4 is 10.8 Å². The largest absolute Gasteiger partial charge is 0.315 e. The van der Waals surface area contributed by atoms with E-state index >= 15 is 0 Å². The maximum absolute atomic E-state index is 11.1. The standard InChI is InChI=1S/C11H24N2OS/c1-10(15(3)14)7-12-8-11-5-4-6-13(2)9-11/h10-12H,4-9H2,1-3H3. The molecule has 1 fully saturated rings. The predicted octanol–water partition coefficient (Wildman–Crippen LogP) is 0.685. The fraction of sp³-hybridized carbons (Fsp3) is 1.00. The molecule has 0 aromatic heterocycles. The van der Waals surface area contributed by atoms with Crippen molar-refractivity contribution in [1.29, 1.82) is 0 Å². The van der Waals surface area contributed by atoms with E-state index in [1.807, 2.05) is 6.92 Å². The number of rotatable bonds is 5. The van der Waals surface area contributed by atoms with E-state index in [2.05, 4.69) is 17.3 Å². The zero-order valence-electron chi connectivity index (χ0n) is 10.2. The molecule has 3 unspecified atom stereocenters. The lowest BCUT2D eigenvalue weighted by Gasteiger charge is -2.30. The predicted molar refractivity (Wildman–Crippen MR) is 66.6 cm³/mol. The molecule has 4 heteroatoms. The molecule has 1 heterocycles. The molecule has 0 aromatic rings. The molecular weight excluding hydrogens is 208 g/mol. The first kappa shape index (κ1) is 13.1. The van der Waals surface area contributed by atoms with Gasteiger partial charge in [-0.25, -0.2) is 0 Å². The number of likely N-dealkylation sites (tertiary alicyclic amines) is 1. The second kappa shape index (κ2) is 6.61. The summed E-state index contributed by atoms with van der Waals surface area (Å²) in [5.74, 6) is 0.779. The average Bonchev–Trinajstić information content (AvgIpc) is 2.17. The fourth-order valence-corrected chi connectivity index (χ4v) is 2.40. The van der Waals surface area contributed by atoms with E-state index in [0.29, 0.717) is 0 Å². The Hall–Kier alpha value is 0.0700. The van der Waals surface area contributed by atoms with E-state index in [1.54, 1.807) is 6.26 Å². The molecule has 1 N–H and O–H groups in total. The van der Waals surface area contributed by atoms with E-state index in [-0.39, 0.29) is 5.25 Å². The SMILES string of the molecule is CC(CNCC1CCCN(C)C1)S(C)=O. The minimum atomic E-state index is -0.697. The van der Waals surface area contributed by atoms with E-state index in [1.165, 1.54) is 25.9 Å². The maximum Gasteiger partial charge on any atom is 0.0441 e. The summed E-state index contributed by atoms with van der Waals surface area (Å²) >= 11 is 0. The molecule has 0 aliphatic carbocycles. The summed E-state index contributed by atoms with van der Waals surface area (Å²) < 4.78 is 11.1. The molecule has 1 aliphatic rings. The normalized spacial score (nSPS) is 27.5. The molecule has 90 valence electrons. The summed E-state index contributed by atoms with van der Waals surface area (Å²) in [5, 5.41) is 3.71. The van der Waals surface area contributed by atoms with Gasteiger partial charge in [0.15, 0.2) is 0 Å². The van der Waals surface area contributed by atoms with Crippen molar-refractivity contribution in [3.63, 3.8) is 0 Å². The summed E-state index contributed by atoms with van der Waals surface area (Å²) in [6, 6.07) is 0. The lowest BCUT2D eigenvalue weighted by atomic mass is 9.98. The van der Waals surface area contributed by atoms with Gasteiger partial charge in [0.05, 0.1) is 0 Å². The molecule has 0 radical (unpaired) electrons. The zero-order chi connectivity index (χ0) is 11.3. The van der Waals surface area contributed by atoms with Crippen LogP contribution < -0.4 is 5.32 Å². The van der Waals surface area contributed by atoms with Gasteiger partial charge in [-0.3, -0.25) is 4.21 Å². The Kier molecular flexibility index (Phi) is 5.79. The zero-order valence-corrected chi connectivity index (χ0v) is 11.0. The second-order valence-electron chi connectivity index (χ2n) is 4.74. The molecule has 3 nitrogen and oxygen atoms in total. The van der Waals surface area contributed by atoms with Crippen LogP contribution in [-0.4, -0.2) is 53.8 Å². The minimum Gasteiger partial charge on any atom is -0.315 e. The van der Waals surface area contributed by atoms with Crippen molar-refractivity contribution in [2.45, 2.75) is 25.0 Å². The van der Waals surface area contributed by atoms with E-state index in [0.717, 1.165) is 19.0 Å². The lowest BCUT2D eigenvalue weighted by Crippen LogP contribution is -2.39. The maximum atomic E-state index is 11.1. The van der Waals surface area contributed by atoms with Crippen molar-refractivity contribution in [3.05, 3.63) is 0 Å². The number of hydrogen-bond acceptors (Lipinski definition) is 3. The van der Waals surface area contributed by atoms with E-state index < -0.39 is 10.8 Å². The Morgan fingerprint density at radius 1 is 1.60 bits per heavy atom. The van der Waals surface area contributed by atoms with Gasteiger partial charge < -0.3 is 10.2 Å². The van der Waals surface area contributed by atoms with Crippen LogP contribution in [0.1, 0.15) is 19.8 Å². The van der Waals surface area contributed by atoms with E-state index in [9.17, 15) is 4.21 Å². The Morgan fingerprint density at radius 3 is 2.93 bits per heavy atom. The van der Waals surface area contributed by atoms with Crippen LogP contribution >= 0.6 is 0 Å². The highest BCUT2D eigenvalue weighted by molar-refractivity contribution is 7.84. The fourth-order valence-electron chi connectivity index (χ4n) is 2.05. The molecule has 0 spiro atoms. The van der Waals surface area contributed by atoms with Crippen LogP contribution in [0.15, 0.2) is 0 Å². The molecule has 0 saturated carbocycles. The summed E-state index contributed by atoms with van der Waals surface area (Å²) in [7, 11) is 1.49. The Morgan fingerprint density at radius 2 is 2.33 bits per heavy atom. The van der Waals surface area contributed by atoms with Gasteiger partial charge in [0.1, 0.15) is 0 Å². The van der Waals surface area contributed by atoms with Gasteiger partial charge in [-0.1, -0.05) is 0 Å². The second-order valence-corrected chi connectivity index (χ2v) is 6.54. The molecule has 15 heavy (non-hydrogen) atoms. The molecular formula is C11H24N2OS. The molecule has 3 atom stereocenters. The smallest absolute Gasteiger partial charge is 0.0441 e. The van der Waals surface area contributed by atoms with Gasteiger partial charge in [0, 0.05) is 35.4 Å². The van der Waals surface area contributed by atoms with Gasteiger partial charge in [-0.2, -0.15) is 0 Å². The monoisotopic (exact) mass is 232 g/mol. The van der Waals surface area contributed by atoms with Crippen molar-refractivity contribution in [3.8, 4) is 0 Å². The third-order valence-electron chi connectivity index (χ3n) is 3.15. The molecule has 1 rings (SSSR count). The van der Waals surface area contributed by atoms with Gasteiger partial charge in [-0.05, 0) is 45.8 Å². The van der Waals surface area contributed by atoms with Crippen molar-refractivity contribution in [2.24, 2.45) is 5.92 Å². The quantitative estimate of drug-likeness (QED) is 0.757.